The summed E-state index contributed by atoms with van der Waals surface area (Å²) in [6.07, 6.45) is 4.91. The van der Waals surface area contributed by atoms with Crippen molar-refractivity contribution in [1.82, 2.24) is 4.90 Å². The third kappa shape index (κ3) is 5.68. The van der Waals surface area contributed by atoms with Gasteiger partial charge >= 0.3 is 0 Å². The summed E-state index contributed by atoms with van der Waals surface area (Å²) in [7, 11) is 2.13. The van der Waals surface area contributed by atoms with Gasteiger partial charge in [0.2, 0.25) is 0 Å². The van der Waals surface area contributed by atoms with Crippen LogP contribution in [0.4, 0.5) is 0 Å². The zero-order valence-electron chi connectivity index (χ0n) is 12.8. The number of aliphatic hydroxyl groups excluding tert-OH is 1. The molecule has 0 aromatic carbocycles. The molecule has 1 N–H and O–H groups in total. The quantitative estimate of drug-likeness (QED) is 0.794. The van der Waals surface area contributed by atoms with Gasteiger partial charge in [0.05, 0.1) is 18.8 Å². The first kappa shape index (κ1) is 15.9. The number of hydrogen-bond donors (Lipinski definition) is 1. The molecule has 0 aliphatic heterocycles. The van der Waals surface area contributed by atoms with E-state index >= 15 is 0 Å². The predicted molar refractivity (Wildman–Crippen MR) is 75.8 cm³/mol. The Kier molecular flexibility index (Phi) is 6.09. The molecule has 0 bridgehead atoms. The van der Waals surface area contributed by atoms with Crippen LogP contribution in [0.15, 0.2) is 0 Å². The van der Waals surface area contributed by atoms with Gasteiger partial charge in [0.1, 0.15) is 0 Å². The standard InChI is InChI=1S/C15H31NO2/c1-12(2)18-11-14(17)10-16(5)13-6-8-15(3,4)9-7-13/h12-14,17H,6-11H2,1-5H3. The molecule has 0 radical (unpaired) electrons. The number of rotatable bonds is 6. The summed E-state index contributed by atoms with van der Waals surface area (Å²) in [6.45, 7) is 9.88. The molecule has 1 fully saturated rings. The molecule has 108 valence electrons. The first-order valence-corrected chi connectivity index (χ1v) is 7.30. The van der Waals surface area contributed by atoms with E-state index in [4.69, 9.17) is 4.74 Å². The Labute approximate surface area is 113 Å². The summed E-state index contributed by atoms with van der Waals surface area (Å²) in [6, 6.07) is 0.631. The van der Waals surface area contributed by atoms with Crippen molar-refractivity contribution >= 4 is 0 Å². The Balaban J connectivity index is 2.26. The van der Waals surface area contributed by atoms with E-state index in [-0.39, 0.29) is 12.2 Å². The third-order valence-electron chi connectivity index (χ3n) is 4.05. The number of aliphatic hydroxyl groups is 1. The van der Waals surface area contributed by atoms with E-state index in [1.165, 1.54) is 25.7 Å². The van der Waals surface area contributed by atoms with Gasteiger partial charge in [-0.05, 0) is 52.0 Å². The molecular weight excluding hydrogens is 226 g/mol. The SMILES string of the molecule is CC(C)OCC(O)CN(C)C1CCC(C)(C)CC1. The van der Waals surface area contributed by atoms with Crippen molar-refractivity contribution in [3.63, 3.8) is 0 Å². The fraction of sp³-hybridized carbons (Fsp3) is 1.00. The van der Waals surface area contributed by atoms with Gasteiger partial charge in [0.25, 0.3) is 0 Å². The van der Waals surface area contributed by atoms with Gasteiger partial charge in [-0.25, -0.2) is 0 Å². The molecule has 0 aromatic rings. The van der Waals surface area contributed by atoms with E-state index < -0.39 is 0 Å². The Hall–Kier alpha value is -0.120. The van der Waals surface area contributed by atoms with Crippen LogP contribution in [0, 0.1) is 5.41 Å². The van der Waals surface area contributed by atoms with Gasteiger partial charge in [-0.3, -0.25) is 0 Å². The molecule has 0 amide bonds. The number of nitrogens with zero attached hydrogens (tertiary/aromatic N) is 1. The van der Waals surface area contributed by atoms with Crippen LogP contribution in [-0.4, -0.2) is 48.5 Å². The molecule has 1 aliphatic rings. The zero-order chi connectivity index (χ0) is 13.8. The van der Waals surface area contributed by atoms with Crippen molar-refractivity contribution in [3.8, 4) is 0 Å². The maximum Gasteiger partial charge on any atom is 0.0900 e. The Morgan fingerprint density at radius 2 is 1.83 bits per heavy atom. The largest absolute Gasteiger partial charge is 0.389 e. The van der Waals surface area contributed by atoms with E-state index in [1.807, 2.05) is 13.8 Å². The maximum atomic E-state index is 9.94. The van der Waals surface area contributed by atoms with E-state index in [0.29, 0.717) is 18.1 Å². The van der Waals surface area contributed by atoms with Crippen molar-refractivity contribution in [2.24, 2.45) is 5.41 Å². The topological polar surface area (TPSA) is 32.7 Å². The molecule has 3 heteroatoms. The van der Waals surface area contributed by atoms with Crippen molar-refractivity contribution in [3.05, 3.63) is 0 Å². The molecule has 1 saturated carbocycles. The summed E-state index contributed by atoms with van der Waals surface area (Å²) < 4.78 is 5.45. The molecule has 1 unspecified atom stereocenters. The highest BCUT2D eigenvalue weighted by atomic mass is 16.5. The Bertz CT molecular complexity index is 231. The monoisotopic (exact) mass is 257 g/mol. The first-order valence-electron chi connectivity index (χ1n) is 7.30. The van der Waals surface area contributed by atoms with Crippen LogP contribution >= 0.6 is 0 Å². The average molecular weight is 257 g/mol. The molecule has 0 heterocycles. The minimum Gasteiger partial charge on any atom is -0.389 e. The summed E-state index contributed by atoms with van der Waals surface area (Å²) in [4.78, 5) is 2.31. The fourth-order valence-corrected chi connectivity index (χ4v) is 2.66. The highest BCUT2D eigenvalue weighted by Crippen LogP contribution is 2.36. The lowest BCUT2D eigenvalue weighted by atomic mass is 9.75. The number of hydrogen-bond acceptors (Lipinski definition) is 3. The maximum absolute atomic E-state index is 9.94. The molecule has 1 aliphatic carbocycles. The van der Waals surface area contributed by atoms with Crippen molar-refractivity contribution in [1.29, 1.82) is 0 Å². The van der Waals surface area contributed by atoms with E-state index in [9.17, 15) is 5.11 Å². The van der Waals surface area contributed by atoms with E-state index in [1.54, 1.807) is 0 Å². The van der Waals surface area contributed by atoms with Crippen LogP contribution in [0.1, 0.15) is 53.4 Å². The normalized spacial score (nSPS) is 22.7. The second-order valence-corrected chi connectivity index (χ2v) is 6.87. The molecule has 1 rings (SSSR count). The molecule has 0 saturated heterocycles. The summed E-state index contributed by atoms with van der Waals surface area (Å²) in [5.41, 5.74) is 0.511. The lowest BCUT2D eigenvalue weighted by molar-refractivity contribution is -0.0144. The minimum atomic E-state index is -0.368. The Morgan fingerprint density at radius 1 is 1.28 bits per heavy atom. The van der Waals surface area contributed by atoms with Gasteiger partial charge in [-0.2, -0.15) is 0 Å². The molecule has 0 spiro atoms. The Morgan fingerprint density at radius 3 is 2.33 bits per heavy atom. The van der Waals surface area contributed by atoms with Gasteiger partial charge < -0.3 is 14.7 Å². The van der Waals surface area contributed by atoms with Crippen LogP contribution in [0.5, 0.6) is 0 Å². The molecular formula is C15H31NO2. The predicted octanol–water partition coefficient (Wildman–Crippen LogP) is 2.67. The lowest BCUT2D eigenvalue weighted by Crippen LogP contribution is -2.42. The second-order valence-electron chi connectivity index (χ2n) is 6.87. The third-order valence-corrected chi connectivity index (χ3v) is 4.05. The summed E-state index contributed by atoms with van der Waals surface area (Å²) >= 11 is 0. The van der Waals surface area contributed by atoms with Gasteiger partial charge in [-0.15, -0.1) is 0 Å². The summed E-state index contributed by atoms with van der Waals surface area (Å²) in [5, 5.41) is 9.94. The van der Waals surface area contributed by atoms with Crippen LogP contribution in [0.3, 0.4) is 0 Å². The van der Waals surface area contributed by atoms with Crippen LogP contribution < -0.4 is 0 Å². The number of ether oxygens (including phenoxy) is 1. The highest BCUT2D eigenvalue weighted by molar-refractivity contribution is 4.83. The molecule has 18 heavy (non-hydrogen) atoms. The van der Waals surface area contributed by atoms with Gasteiger partial charge in [-0.1, -0.05) is 13.8 Å². The highest BCUT2D eigenvalue weighted by Gasteiger charge is 2.29. The van der Waals surface area contributed by atoms with Gasteiger partial charge in [0, 0.05) is 12.6 Å². The average Bonchev–Trinajstić information content (AvgIpc) is 2.26. The zero-order valence-corrected chi connectivity index (χ0v) is 12.8. The van der Waals surface area contributed by atoms with Gasteiger partial charge in [0.15, 0.2) is 0 Å². The van der Waals surface area contributed by atoms with Crippen LogP contribution in [-0.2, 0) is 4.74 Å². The van der Waals surface area contributed by atoms with Crippen LogP contribution in [0.25, 0.3) is 0 Å². The first-order chi connectivity index (χ1) is 8.30. The van der Waals surface area contributed by atoms with E-state index in [2.05, 4.69) is 25.8 Å². The smallest absolute Gasteiger partial charge is 0.0900 e. The molecule has 3 nitrogen and oxygen atoms in total. The van der Waals surface area contributed by atoms with E-state index in [0.717, 1.165) is 6.54 Å². The van der Waals surface area contributed by atoms with Crippen LogP contribution in [0.2, 0.25) is 0 Å². The lowest BCUT2D eigenvalue weighted by Gasteiger charge is -2.39. The van der Waals surface area contributed by atoms with Crippen molar-refractivity contribution in [2.75, 3.05) is 20.2 Å². The fourth-order valence-electron chi connectivity index (χ4n) is 2.66. The van der Waals surface area contributed by atoms with Crippen molar-refractivity contribution in [2.45, 2.75) is 71.6 Å². The van der Waals surface area contributed by atoms with Crippen molar-refractivity contribution < 1.29 is 9.84 Å². The second kappa shape index (κ2) is 6.88. The molecule has 0 aromatic heterocycles. The summed E-state index contributed by atoms with van der Waals surface area (Å²) in [5.74, 6) is 0. The number of likely N-dealkylation sites (N-methyl/N-ethyl adjacent to an activating group) is 1. The minimum absolute atomic E-state index is 0.195. The molecule has 1 atom stereocenters.